The normalized spacial score (nSPS) is 11.4. The summed E-state index contributed by atoms with van der Waals surface area (Å²) in [5.74, 6) is -0.465. The van der Waals surface area contributed by atoms with Crippen molar-refractivity contribution in [2.75, 3.05) is 14.3 Å². The number of aromatic nitrogens is 2. The molecule has 1 heterocycles. The quantitative estimate of drug-likeness (QED) is 0.232. The summed E-state index contributed by atoms with van der Waals surface area (Å²) in [7, 11) is -7.76. The van der Waals surface area contributed by atoms with E-state index in [0.717, 1.165) is 0 Å². The fourth-order valence-electron chi connectivity index (χ4n) is 4.01. The van der Waals surface area contributed by atoms with Gasteiger partial charge < -0.3 is 5.32 Å². The molecule has 2 N–H and O–H groups in total. The molecule has 10 nitrogen and oxygen atoms in total. The molecular formula is C30H25N5O5S2. The van der Waals surface area contributed by atoms with Crippen LogP contribution >= 0.6 is 0 Å². The monoisotopic (exact) mass is 599 g/mol. The largest absolute Gasteiger partial charge is 0.322 e. The van der Waals surface area contributed by atoms with Crippen molar-refractivity contribution in [2.45, 2.75) is 16.3 Å². The summed E-state index contributed by atoms with van der Waals surface area (Å²) in [6, 6.07) is 30.8. The molecular weight excluding hydrogens is 574 g/mol. The fraction of sp³-hybridized carbons (Fsp3) is 0.0333. The van der Waals surface area contributed by atoms with Crippen LogP contribution in [0.4, 0.5) is 17.3 Å². The van der Waals surface area contributed by atoms with E-state index in [-0.39, 0.29) is 22.3 Å². The van der Waals surface area contributed by atoms with E-state index in [2.05, 4.69) is 20.0 Å². The van der Waals surface area contributed by atoms with Crippen LogP contribution in [-0.2, 0) is 26.6 Å². The molecule has 1 amide bonds. The van der Waals surface area contributed by atoms with Crippen LogP contribution in [0.3, 0.4) is 0 Å². The Morgan fingerprint density at radius 2 is 1.26 bits per heavy atom. The van der Waals surface area contributed by atoms with Crippen LogP contribution < -0.4 is 14.3 Å². The standard InChI is InChI=1S/C30H25N5O5S2/c36-29(33-25-16-18-27(19-17-25)41(37,38)34-30-31-20-7-21-32-30)24-14-12-23(13-15-24)22-35(26-8-3-1-4-9-26)42(39,40)28-10-5-2-6-11-28/h1-21H,22H2,(H,33,36)(H,31,32,34). The van der Waals surface area contributed by atoms with E-state index in [4.69, 9.17) is 0 Å². The second kappa shape index (κ2) is 12.2. The van der Waals surface area contributed by atoms with Crippen LogP contribution in [0, 0.1) is 0 Å². The third-order valence-electron chi connectivity index (χ3n) is 6.13. The van der Waals surface area contributed by atoms with Gasteiger partial charge in [0.05, 0.1) is 22.0 Å². The van der Waals surface area contributed by atoms with Gasteiger partial charge in [0.15, 0.2) is 0 Å². The highest BCUT2D eigenvalue weighted by molar-refractivity contribution is 7.93. The van der Waals surface area contributed by atoms with Crippen molar-refractivity contribution < 1.29 is 21.6 Å². The number of benzene rings is 4. The van der Waals surface area contributed by atoms with Crippen molar-refractivity contribution in [2.24, 2.45) is 0 Å². The van der Waals surface area contributed by atoms with Crippen molar-refractivity contribution in [3.8, 4) is 0 Å². The summed E-state index contributed by atoms with van der Waals surface area (Å²) >= 11 is 0. The van der Waals surface area contributed by atoms with Gasteiger partial charge in [0.25, 0.3) is 26.0 Å². The lowest BCUT2D eigenvalue weighted by Gasteiger charge is -2.25. The Bertz CT molecular complexity index is 1870. The number of carbonyl (C=O) groups excluding carboxylic acids is 1. The molecule has 0 aliphatic heterocycles. The SMILES string of the molecule is O=C(Nc1ccc(S(=O)(=O)Nc2ncccn2)cc1)c1ccc(CN(c2ccccc2)S(=O)(=O)c2ccccc2)cc1. The van der Waals surface area contributed by atoms with Crippen molar-refractivity contribution in [3.05, 3.63) is 139 Å². The number of anilines is 3. The minimum Gasteiger partial charge on any atom is -0.322 e. The molecule has 0 aliphatic rings. The number of nitrogens with zero attached hydrogens (tertiary/aromatic N) is 3. The van der Waals surface area contributed by atoms with E-state index in [1.54, 1.807) is 84.9 Å². The van der Waals surface area contributed by atoms with Crippen molar-refractivity contribution in [1.82, 2.24) is 9.97 Å². The summed E-state index contributed by atoms with van der Waals surface area (Å²) in [5.41, 5.74) is 1.93. The number of hydrogen-bond donors (Lipinski definition) is 2. The first kappa shape index (κ1) is 28.5. The average molecular weight is 600 g/mol. The van der Waals surface area contributed by atoms with Gasteiger partial charge in [-0.05, 0) is 72.3 Å². The second-order valence-electron chi connectivity index (χ2n) is 9.01. The van der Waals surface area contributed by atoms with Crippen LogP contribution in [0.5, 0.6) is 0 Å². The van der Waals surface area contributed by atoms with E-state index >= 15 is 0 Å². The molecule has 42 heavy (non-hydrogen) atoms. The smallest absolute Gasteiger partial charge is 0.264 e. The molecule has 0 bridgehead atoms. The van der Waals surface area contributed by atoms with Gasteiger partial charge in [-0.25, -0.2) is 31.5 Å². The zero-order chi connectivity index (χ0) is 29.6. The first-order chi connectivity index (χ1) is 20.2. The minimum atomic E-state index is -3.91. The number of rotatable bonds is 10. The molecule has 0 spiro atoms. The topological polar surface area (TPSA) is 138 Å². The Balaban J connectivity index is 1.28. The molecule has 0 unspecified atom stereocenters. The molecule has 0 atom stereocenters. The number of sulfonamides is 2. The first-order valence-corrected chi connectivity index (χ1v) is 15.6. The molecule has 212 valence electrons. The number of para-hydroxylation sites is 1. The molecule has 0 fully saturated rings. The number of amides is 1. The van der Waals surface area contributed by atoms with E-state index in [9.17, 15) is 21.6 Å². The van der Waals surface area contributed by atoms with Crippen LogP contribution in [0.2, 0.25) is 0 Å². The Hall–Kier alpha value is -5.07. The van der Waals surface area contributed by atoms with Crippen LogP contribution in [0.1, 0.15) is 15.9 Å². The zero-order valence-corrected chi connectivity index (χ0v) is 23.7. The highest BCUT2D eigenvalue weighted by Crippen LogP contribution is 2.26. The molecule has 0 saturated heterocycles. The Morgan fingerprint density at radius 1 is 0.667 bits per heavy atom. The Morgan fingerprint density at radius 3 is 1.88 bits per heavy atom. The third kappa shape index (κ3) is 6.62. The summed E-state index contributed by atoms with van der Waals surface area (Å²) in [6.45, 7) is 0.0567. The lowest BCUT2D eigenvalue weighted by Crippen LogP contribution is -2.30. The predicted molar refractivity (Wildman–Crippen MR) is 160 cm³/mol. The maximum Gasteiger partial charge on any atom is 0.264 e. The van der Waals surface area contributed by atoms with Gasteiger partial charge in [-0.3, -0.25) is 9.10 Å². The van der Waals surface area contributed by atoms with Crippen LogP contribution in [0.25, 0.3) is 0 Å². The van der Waals surface area contributed by atoms with Gasteiger partial charge in [0.1, 0.15) is 0 Å². The summed E-state index contributed by atoms with van der Waals surface area (Å²) in [6.07, 6.45) is 2.84. The lowest BCUT2D eigenvalue weighted by molar-refractivity contribution is 0.102. The molecule has 12 heteroatoms. The van der Waals surface area contributed by atoms with Crippen molar-refractivity contribution in [1.29, 1.82) is 0 Å². The Kier molecular flexibility index (Phi) is 8.27. The minimum absolute atomic E-state index is 0.0225. The highest BCUT2D eigenvalue weighted by Gasteiger charge is 2.25. The van der Waals surface area contributed by atoms with Crippen LogP contribution in [-0.4, -0.2) is 32.7 Å². The molecule has 4 aromatic carbocycles. The third-order valence-corrected chi connectivity index (χ3v) is 9.26. The average Bonchev–Trinajstić information content (AvgIpc) is 3.01. The van der Waals surface area contributed by atoms with Gasteiger partial charge in [-0.2, -0.15) is 0 Å². The molecule has 5 rings (SSSR count). The zero-order valence-electron chi connectivity index (χ0n) is 22.0. The summed E-state index contributed by atoms with van der Waals surface area (Å²) < 4.78 is 55.8. The summed E-state index contributed by atoms with van der Waals surface area (Å²) in [5, 5.41) is 2.73. The molecule has 1 aromatic heterocycles. The summed E-state index contributed by atoms with van der Waals surface area (Å²) in [4.78, 5) is 20.7. The van der Waals surface area contributed by atoms with Gasteiger partial charge in [0, 0.05) is 23.6 Å². The van der Waals surface area contributed by atoms with E-state index < -0.39 is 26.0 Å². The maximum atomic E-state index is 13.5. The van der Waals surface area contributed by atoms with E-state index in [0.29, 0.717) is 22.5 Å². The van der Waals surface area contributed by atoms with Crippen molar-refractivity contribution >= 4 is 43.3 Å². The van der Waals surface area contributed by atoms with Crippen LogP contribution in [0.15, 0.2) is 137 Å². The number of nitrogens with one attached hydrogen (secondary N) is 2. The number of carbonyl (C=O) groups is 1. The van der Waals surface area contributed by atoms with Gasteiger partial charge in [-0.1, -0.05) is 48.5 Å². The maximum absolute atomic E-state index is 13.5. The molecule has 0 radical (unpaired) electrons. The van der Waals surface area contributed by atoms with E-state index in [1.807, 2.05) is 6.07 Å². The molecule has 0 aliphatic carbocycles. The number of hydrogen-bond acceptors (Lipinski definition) is 7. The Labute approximate surface area is 243 Å². The van der Waals surface area contributed by atoms with Gasteiger partial charge >= 0.3 is 0 Å². The van der Waals surface area contributed by atoms with Crippen molar-refractivity contribution in [3.63, 3.8) is 0 Å². The molecule has 5 aromatic rings. The fourth-order valence-corrected chi connectivity index (χ4v) is 6.44. The second-order valence-corrected chi connectivity index (χ2v) is 12.6. The predicted octanol–water partition coefficient (Wildman–Crippen LogP) is 4.93. The van der Waals surface area contributed by atoms with Gasteiger partial charge in [0.2, 0.25) is 5.95 Å². The van der Waals surface area contributed by atoms with E-state index in [1.165, 1.54) is 41.0 Å². The van der Waals surface area contributed by atoms with Gasteiger partial charge in [-0.15, -0.1) is 0 Å². The molecule has 0 saturated carbocycles. The highest BCUT2D eigenvalue weighted by atomic mass is 32.2. The lowest BCUT2D eigenvalue weighted by atomic mass is 10.1. The first-order valence-electron chi connectivity index (χ1n) is 12.7.